The van der Waals surface area contributed by atoms with Gasteiger partial charge in [0.2, 0.25) is 5.89 Å². The van der Waals surface area contributed by atoms with E-state index in [1.165, 1.54) is 32.1 Å². The number of hydrogen-bond acceptors (Lipinski definition) is 4. The molecule has 0 amide bonds. The molecule has 1 saturated heterocycles. The van der Waals surface area contributed by atoms with Crippen LogP contribution in [0, 0.1) is 0 Å². The van der Waals surface area contributed by atoms with Gasteiger partial charge in [0, 0.05) is 11.8 Å². The van der Waals surface area contributed by atoms with Crippen LogP contribution in [0.3, 0.4) is 0 Å². The summed E-state index contributed by atoms with van der Waals surface area (Å²) in [7, 11) is 0. The highest BCUT2D eigenvalue weighted by Crippen LogP contribution is 2.36. The molecule has 1 atom stereocenters. The first-order valence-corrected chi connectivity index (χ1v) is 6.47. The summed E-state index contributed by atoms with van der Waals surface area (Å²) in [5.74, 6) is 2.90. The first-order chi connectivity index (χ1) is 7.93. The normalized spacial score (nSPS) is 27.4. The molecule has 88 valence electrons. The van der Waals surface area contributed by atoms with Gasteiger partial charge in [0.15, 0.2) is 5.82 Å². The van der Waals surface area contributed by atoms with E-state index in [4.69, 9.17) is 4.52 Å². The number of nitrogens with one attached hydrogen (secondary N) is 1. The number of hydrogen-bond donors (Lipinski definition) is 1. The third-order valence-corrected chi connectivity index (χ3v) is 3.85. The summed E-state index contributed by atoms with van der Waals surface area (Å²) in [6, 6.07) is 0. The van der Waals surface area contributed by atoms with E-state index in [-0.39, 0.29) is 0 Å². The lowest BCUT2D eigenvalue weighted by molar-refractivity contribution is 0.290. The smallest absolute Gasteiger partial charge is 0.229 e. The molecule has 1 aliphatic carbocycles. The van der Waals surface area contributed by atoms with E-state index in [0.29, 0.717) is 11.8 Å². The molecule has 1 unspecified atom stereocenters. The van der Waals surface area contributed by atoms with Crippen molar-refractivity contribution in [1.82, 2.24) is 15.5 Å². The van der Waals surface area contributed by atoms with Crippen LogP contribution in [0.4, 0.5) is 0 Å². The Bertz CT molecular complexity index is 338. The summed E-state index contributed by atoms with van der Waals surface area (Å²) < 4.78 is 5.38. The molecule has 16 heavy (non-hydrogen) atoms. The van der Waals surface area contributed by atoms with Crippen molar-refractivity contribution in [3.63, 3.8) is 0 Å². The standard InChI is InChI=1S/C12H19N3O/c1-3-10(4-1)12-14-11(15-16-12)9-5-2-7-13-8-6-9/h9-10,13H,1-8H2. The third kappa shape index (κ3) is 1.98. The minimum Gasteiger partial charge on any atom is -0.339 e. The van der Waals surface area contributed by atoms with Crippen molar-refractivity contribution in [2.24, 2.45) is 0 Å². The molecule has 3 rings (SSSR count). The Kier molecular flexibility index (Phi) is 2.91. The van der Waals surface area contributed by atoms with Crippen molar-refractivity contribution in [1.29, 1.82) is 0 Å². The molecule has 1 saturated carbocycles. The highest BCUT2D eigenvalue weighted by molar-refractivity contribution is 5.02. The molecule has 1 N–H and O–H groups in total. The van der Waals surface area contributed by atoms with Crippen LogP contribution < -0.4 is 5.32 Å². The van der Waals surface area contributed by atoms with E-state index in [9.17, 15) is 0 Å². The van der Waals surface area contributed by atoms with E-state index >= 15 is 0 Å². The van der Waals surface area contributed by atoms with Crippen LogP contribution >= 0.6 is 0 Å². The Morgan fingerprint density at radius 2 is 1.88 bits per heavy atom. The summed E-state index contributed by atoms with van der Waals surface area (Å²) in [5.41, 5.74) is 0. The maximum atomic E-state index is 5.38. The first kappa shape index (κ1) is 10.3. The Morgan fingerprint density at radius 3 is 2.69 bits per heavy atom. The molecule has 2 heterocycles. The Balaban J connectivity index is 1.70. The van der Waals surface area contributed by atoms with E-state index in [0.717, 1.165) is 31.2 Å². The second-order valence-electron chi connectivity index (χ2n) is 5.00. The van der Waals surface area contributed by atoms with E-state index in [1.807, 2.05) is 0 Å². The van der Waals surface area contributed by atoms with Gasteiger partial charge in [-0.05, 0) is 45.2 Å². The van der Waals surface area contributed by atoms with Gasteiger partial charge in [-0.1, -0.05) is 11.6 Å². The average molecular weight is 221 g/mol. The van der Waals surface area contributed by atoms with Gasteiger partial charge in [-0.3, -0.25) is 0 Å². The molecule has 0 bridgehead atoms. The summed E-state index contributed by atoms with van der Waals surface area (Å²) in [6.45, 7) is 2.21. The maximum absolute atomic E-state index is 5.38. The van der Waals surface area contributed by atoms with Crippen LogP contribution in [-0.4, -0.2) is 23.2 Å². The van der Waals surface area contributed by atoms with Crippen LogP contribution in [0.2, 0.25) is 0 Å². The largest absolute Gasteiger partial charge is 0.339 e. The van der Waals surface area contributed by atoms with Crippen LogP contribution in [0.5, 0.6) is 0 Å². The van der Waals surface area contributed by atoms with Gasteiger partial charge in [-0.2, -0.15) is 4.98 Å². The minimum atomic E-state index is 0.507. The van der Waals surface area contributed by atoms with E-state index in [2.05, 4.69) is 15.5 Å². The molecule has 0 radical (unpaired) electrons. The lowest BCUT2D eigenvalue weighted by atomic mass is 9.85. The lowest BCUT2D eigenvalue weighted by Crippen LogP contribution is -2.14. The summed E-state index contributed by atoms with van der Waals surface area (Å²) in [5, 5.41) is 7.58. The molecule has 0 aromatic carbocycles. The quantitative estimate of drug-likeness (QED) is 0.831. The fourth-order valence-electron chi connectivity index (χ4n) is 2.51. The van der Waals surface area contributed by atoms with Gasteiger partial charge in [0.25, 0.3) is 0 Å². The van der Waals surface area contributed by atoms with Crippen LogP contribution in [-0.2, 0) is 0 Å². The van der Waals surface area contributed by atoms with Crippen molar-refractivity contribution in [3.05, 3.63) is 11.7 Å². The van der Waals surface area contributed by atoms with E-state index < -0.39 is 0 Å². The first-order valence-electron chi connectivity index (χ1n) is 6.47. The van der Waals surface area contributed by atoms with Gasteiger partial charge in [0.05, 0.1) is 0 Å². The number of nitrogens with zero attached hydrogens (tertiary/aromatic N) is 2. The maximum Gasteiger partial charge on any atom is 0.229 e. The van der Waals surface area contributed by atoms with Gasteiger partial charge in [-0.15, -0.1) is 0 Å². The topological polar surface area (TPSA) is 51.0 Å². The molecule has 4 heteroatoms. The Morgan fingerprint density at radius 1 is 1.00 bits per heavy atom. The minimum absolute atomic E-state index is 0.507. The van der Waals surface area contributed by atoms with Crippen molar-refractivity contribution in [2.75, 3.05) is 13.1 Å². The molecular formula is C12H19N3O. The Labute approximate surface area is 95.8 Å². The van der Waals surface area contributed by atoms with Crippen molar-refractivity contribution < 1.29 is 4.52 Å². The van der Waals surface area contributed by atoms with Gasteiger partial charge >= 0.3 is 0 Å². The molecule has 0 spiro atoms. The molecule has 1 aromatic heterocycles. The fraction of sp³-hybridized carbons (Fsp3) is 0.833. The molecule has 2 aliphatic rings. The van der Waals surface area contributed by atoms with Crippen molar-refractivity contribution >= 4 is 0 Å². The van der Waals surface area contributed by atoms with Crippen LogP contribution in [0.1, 0.15) is 62.1 Å². The molecular weight excluding hydrogens is 202 g/mol. The van der Waals surface area contributed by atoms with Crippen molar-refractivity contribution in [3.8, 4) is 0 Å². The second-order valence-corrected chi connectivity index (χ2v) is 5.00. The zero-order chi connectivity index (χ0) is 10.8. The molecule has 2 fully saturated rings. The molecule has 4 nitrogen and oxygen atoms in total. The van der Waals surface area contributed by atoms with Crippen molar-refractivity contribution in [2.45, 2.75) is 50.4 Å². The fourth-order valence-corrected chi connectivity index (χ4v) is 2.51. The SMILES string of the molecule is C1CNCCC(c2noc(C3CCC3)n2)C1. The highest BCUT2D eigenvalue weighted by Gasteiger charge is 2.27. The predicted molar refractivity (Wildman–Crippen MR) is 60.4 cm³/mol. The highest BCUT2D eigenvalue weighted by atomic mass is 16.5. The molecule has 1 aliphatic heterocycles. The number of rotatable bonds is 2. The van der Waals surface area contributed by atoms with Crippen LogP contribution in [0.15, 0.2) is 4.52 Å². The number of aromatic nitrogens is 2. The predicted octanol–water partition coefficient (Wildman–Crippen LogP) is 2.19. The average Bonchev–Trinajstić information content (AvgIpc) is 2.52. The Hall–Kier alpha value is -0.900. The monoisotopic (exact) mass is 221 g/mol. The summed E-state index contributed by atoms with van der Waals surface area (Å²) in [6.07, 6.45) is 7.33. The molecule has 1 aromatic rings. The van der Waals surface area contributed by atoms with Gasteiger partial charge in [-0.25, -0.2) is 0 Å². The third-order valence-electron chi connectivity index (χ3n) is 3.85. The lowest BCUT2D eigenvalue weighted by Gasteiger charge is -2.20. The zero-order valence-electron chi connectivity index (χ0n) is 9.61. The second kappa shape index (κ2) is 4.53. The zero-order valence-corrected chi connectivity index (χ0v) is 9.61. The van der Waals surface area contributed by atoms with E-state index in [1.54, 1.807) is 0 Å². The van der Waals surface area contributed by atoms with Gasteiger partial charge in [0.1, 0.15) is 0 Å². The summed E-state index contributed by atoms with van der Waals surface area (Å²) >= 11 is 0. The van der Waals surface area contributed by atoms with Crippen LogP contribution in [0.25, 0.3) is 0 Å². The van der Waals surface area contributed by atoms with Gasteiger partial charge < -0.3 is 9.84 Å². The summed E-state index contributed by atoms with van der Waals surface area (Å²) in [4.78, 5) is 4.59.